The van der Waals surface area contributed by atoms with Gasteiger partial charge in [-0.05, 0) is 18.9 Å². The lowest BCUT2D eigenvalue weighted by molar-refractivity contribution is -0.385. The van der Waals surface area contributed by atoms with Crippen LogP contribution in [0.1, 0.15) is 19.3 Å². The Labute approximate surface area is 109 Å². The molecule has 1 fully saturated rings. The van der Waals surface area contributed by atoms with Crippen molar-refractivity contribution >= 4 is 17.3 Å². The molecular weight excluding hydrogens is 256 g/mol. The molecule has 0 amide bonds. The van der Waals surface area contributed by atoms with Crippen LogP contribution in [0.15, 0.2) is 18.2 Å². The van der Waals surface area contributed by atoms with E-state index < -0.39 is 4.92 Å². The Balaban J connectivity index is 2.11. The molecule has 5 nitrogen and oxygen atoms in total. The Morgan fingerprint density at radius 1 is 1.56 bits per heavy atom. The van der Waals surface area contributed by atoms with Gasteiger partial charge in [-0.15, -0.1) is 0 Å². The summed E-state index contributed by atoms with van der Waals surface area (Å²) in [6.07, 6.45) is 2.27. The first-order valence-corrected chi connectivity index (χ1v) is 5.88. The zero-order chi connectivity index (χ0) is 13.2. The average Bonchev–Trinajstić information content (AvgIpc) is 3.07. The minimum absolute atomic E-state index is 0.104. The summed E-state index contributed by atoms with van der Waals surface area (Å²) >= 11 is 5.79. The molecule has 0 bridgehead atoms. The second-order valence-corrected chi connectivity index (χ2v) is 4.93. The lowest BCUT2D eigenvalue weighted by Gasteiger charge is -2.13. The highest BCUT2D eigenvalue weighted by atomic mass is 35.5. The molecule has 1 aliphatic carbocycles. The van der Waals surface area contributed by atoms with Crippen LogP contribution in [0.4, 0.5) is 5.69 Å². The second kappa shape index (κ2) is 4.83. The Bertz CT molecular complexity index is 521. The molecule has 0 radical (unpaired) electrons. The normalized spacial score (nSPS) is 15.8. The lowest BCUT2D eigenvalue weighted by atomic mass is 10.1. The van der Waals surface area contributed by atoms with Crippen LogP contribution in [0.5, 0.6) is 5.75 Å². The molecule has 0 saturated heterocycles. The number of ether oxygens (including phenoxy) is 1. The quantitative estimate of drug-likeness (QED) is 0.605. The van der Waals surface area contributed by atoms with Gasteiger partial charge in [0.05, 0.1) is 17.6 Å². The molecule has 1 saturated carbocycles. The first-order chi connectivity index (χ1) is 8.56. The third-order valence-electron chi connectivity index (χ3n) is 3.06. The van der Waals surface area contributed by atoms with Crippen LogP contribution < -0.4 is 4.74 Å². The maximum absolute atomic E-state index is 10.8. The summed E-state index contributed by atoms with van der Waals surface area (Å²) in [4.78, 5) is 10.3. The van der Waals surface area contributed by atoms with E-state index in [0.29, 0.717) is 18.1 Å². The molecule has 6 heteroatoms. The third kappa shape index (κ3) is 2.71. The summed E-state index contributed by atoms with van der Waals surface area (Å²) in [6.45, 7) is 0.321. The predicted molar refractivity (Wildman–Crippen MR) is 65.5 cm³/mol. The maximum Gasteiger partial charge on any atom is 0.311 e. The van der Waals surface area contributed by atoms with Crippen LogP contribution in [0.3, 0.4) is 0 Å². The van der Waals surface area contributed by atoms with Gasteiger partial charge in [-0.3, -0.25) is 10.1 Å². The maximum atomic E-state index is 10.8. The van der Waals surface area contributed by atoms with E-state index in [9.17, 15) is 10.1 Å². The van der Waals surface area contributed by atoms with Crippen LogP contribution in [0.25, 0.3) is 0 Å². The van der Waals surface area contributed by atoms with Gasteiger partial charge in [0, 0.05) is 29.0 Å². The molecular formula is C12H11ClN2O3. The fourth-order valence-electron chi connectivity index (χ4n) is 1.70. The molecule has 0 N–H and O–H groups in total. The van der Waals surface area contributed by atoms with Gasteiger partial charge in [-0.25, -0.2) is 0 Å². The van der Waals surface area contributed by atoms with Gasteiger partial charge >= 0.3 is 5.69 Å². The Morgan fingerprint density at radius 2 is 2.28 bits per heavy atom. The van der Waals surface area contributed by atoms with Crippen LogP contribution in [0.2, 0.25) is 5.02 Å². The zero-order valence-corrected chi connectivity index (χ0v) is 10.3. The summed E-state index contributed by atoms with van der Waals surface area (Å²) < 4.78 is 5.48. The number of hydrogen-bond acceptors (Lipinski definition) is 4. The molecule has 0 spiro atoms. The van der Waals surface area contributed by atoms with Gasteiger partial charge in [-0.1, -0.05) is 11.6 Å². The standard InChI is InChI=1S/C12H11ClN2O3/c13-9-1-2-10(15(16)17)11(7-9)18-8-12(3-4-12)5-6-14/h1-2,7H,3-5,8H2. The van der Waals surface area contributed by atoms with E-state index in [-0.39, 0.29) is 16.9 Å². The zero-order valence-electron chi connectivity index (χ0n) is 9.56. The molecule has 18 heavy (non-hydrogen) atoms. The van der Waals surface area contributed by atoms with E-state index in [1.165, 1.54) is 18.2 Å². The van der Waals surface area contributed by atoms with Crippen molar-refractivity contribution in [1.82, 2.24) is 0 Å². The first kappa shape index (κ1) is 12.7. The fourth-order valence-corrected chi connectivity index (χ4v) is 1.86. The van der Waals surface area contributed by atoms with E-state index in [1.807, 2.05) is 0 Å². The van der Waals surface area contributed by atoms with Gasteiger partial charge in [0.2, 0.25) is 0 Å². The first-order valence-electron chi connectivity index (χ1n) is 5.50. The molecule has 1 aliphatic rings. The van der Waals surface area contributed by atoms with Crippen molar-refractivity contribution in [2.45, 2.75) is 19.3 Å². The third-order valence-corrected chi connectivity index (χ3v) is 3.30. The van der Waals surface area contributed by atoms with Crippen LogP contribution in [-0.2, 0) is 0 Å². The van der Waals surface area contributed by atoms with Gasteiger partial charge in [0.1, 0.15) is 0 Å². The number of hydrogen-bond donors (Lipinski definition) is 0. The summed E-state index contributed by atoms with van der Waals surface area (Å²) in [5, 5.41) is 19.9. The molecule has 94 valence electrons. The summed E-state index contributed by atoms with van der Waals surface area (Å²) in [7, 11) is 0. The molecule has 1 aromatic carbocycles. The highest BCUT2D eigenvalue weighted by Crippen LogP contribution is 2.49. The largest absolute Gasteiger partial charge is 0.486 e. The minimum atomic E-state index is -0.504. The monoisotopic (exact) mass is 266 g/mol. The highest BCUT2D eigenvalue weighted by Gasteiger charge is 2.43. The lowest BCUT2D eigenvalue weighted by Crippen LogP contribution is -2.13. The van der Waals surface area contributed by atoms with Gasteiger partial charge in [0.15, 0.2) is 5.75 Å². The topological polar surface area (TPSA) is 76.2 Å². The van der Waals surface area contributed by atoms with E-state index in [1.54, 1.807) is 0 Å². The second-order valence-electron chi connectivity index (χ2n) is 4.49. The molecule has 0 atom stereocenters. The summed E-state index contributed by atoms with van der Waals surface area (Å²) in [6, 6.07) is 6.32. The van der Waals surface area contributed by atoms with Crippen LogP contribution in [-0.4, -0.2) is 11.5 Å². The molecule has 0 heterocycles. The highest BCUT2D eigenvalue weighted by molar-refractivity contribution is 6.30. The number of rotatable bonds is 5. The minimum Gasteiger partial charge on any atom is -0.486 e. The van der Waals surface area contributed by atoms with Crippen molar-refractivity contribution in [3.8, 4) is 11.8 Å². The van der Waals surface area contributed by atoms with Crippen molar-refractivity contribution < 1.29 is 9.66 Å². The van der Waals surface area contributed by atoms with Crippen molar-refractivity contribution in [2.24, 2.45) is 5.41 Å². The fraction of sp³-hybridized carbons (Fsp3) is 0.417. The van der Waals surface area contributed by atoms with Crippen LogP contribution in [0, 0.1) is 26.9 Å². The molecule has 2 rings (SSSR count). The molecule has 0 aliphatic heterocycles. The number of nitro groups is 1. The van der Waals surface area contributed by atoms with Crippen molar-refractivity contribution in [3.63, 3.8) is 0 Å². The predicted octanol–water partition coefficient (Wildman–Crippen LogP) is 3.32. The summed E-state index contributed by atoms with van der Waals surface area (Å²) in [5.41, 5.74) is -0.225. The SMILES string of the molecule is N#CCC1(COc2cc(Cl)ccc2[N+](=O)[O-])CC1. The van der Waals surface area contributed by atoms with E-state index in [2.05, 4.69) is 6.07 Å². The Hall–Kier alpha value is -1.80. The molecule has 0 unspecified atom stereocenters. The summed E-state index contributed by atoms with van der Waals surface area (Å²) in [5.74, 6) is 0.164. The van der Waals surface area contributed by atoms with Gasteiger partial charge in [0.25, 0.3) is 0 Å². The molecule has 0 aromatic heterocycles. The molecule has 1 aromatic rings. The van der Waals surface area contributed by atoms with E-state index in [0.717, 1.165) is 12.8 Å². The number of benzene rings is 1. The number of halogens is 1. The number of nitriles is 1. The van der Waals surface area contributed by atoms with Crippen molar-refractivity contribution in [3.05, 3.63) is 33.3 Å². The van der Waals surface area contributed by atoms with E-state index in [4.69, 9.17) is 21.6 Å². The Morgan fingerprint density at radius 3 is 2.83 bits per heavy atom. The van der Waals surface area contributed by atoms with Gasteiger partial charge < -0.3 is 4.74 Å². The van der Waals surface area contributed by atoms with E-state index >= 15 is 0 Å². The number of nitro benzene ring substituents is 1. The van der Waals surface area contributed by atoms with Gasteiger partial charge in [-0.2, -0.15) is 5.26 Å². The van der Waals surface area contributed by atoms with Crippen molar-refractivity contribution in [2.75, 3.05) is 6.61 Å². The average molecular weight is 267 g/mol. The van der Waals surface area contributed by atoms with Crippen molar-refractivity contribution in [1.29, 1.82) is 5.26 Å². The van der Waals surface area contributed by atoms with Crippen LogP contribution >= 0.6 is 11.6 Å². The number of nitrogens with zero attached hydrogens (tertiary/aromatic N) is 2. The Kier molecular flexibility index (Phi) is 3.39. The smallest absolute Gasteiger partial charge is 0.311 e.